The summed E-state index contributed by atoms with van der Waals surface area (Å²) in [6.45, 7) is 7.21. The zero-order valence-corrected chi connectivity index (χ0v) is 17.1. The second kappa shape index (κ2) is 9.45. The van der Waals surface area contributed by atoms with Crippen molar-refractivity contribution in [2.75, 3.05) is 26.2 Å². The van der Waals surface area contributed by atoms with Crippen molar-refractivity contribution >= 4 is 5.91 Å². The molecule has 4 heterocycles. The van der Waals surface area contributed by atoms with Crippen LogP contribution in [0.1, 0.15) is 43.0 Å². The van der Waals surface area contributed by atoms with Crippen molar-refractivity contribution in [2.45, 2.75) is 51.7 Å². The van der Waals surface area contributed by atoms with Gasteiger partial charge in [-0.05, 0) is 56.9 Å². The van der Waals surface area contributed by atoms with E-state index < -0.39 is 0 Å². The van der Waals surface area contributed by atoms with E-state index in [1.165, 1.54) is 5.56 Å². The van der Waals surface area contributed by atoms with Crippen molar-refractivity contribution < 1.29 is 9.32 Å². The Hall–Kier alpha value is -2.32. The van der Waals surface area contributed by atoms with E-state index in [2.05, 4.69) is 36.3 Å². The molecule has 8 nitrogen and oxygen atoms in total. The fourth-order valence-electron chi connectivity index (χ4n) is 4.47. The maximum Gasteiger partial charge on any atom is 0.224 e. The lowest BCUT2D eigenvalue weighted by Crippen LogP contribution is -2.50. The third kappa shape index (κ3) is 5.39. The quantitative estimate of drug-likeness (QED) is 0.793. The van der Waals surface area contributed by atoms with Gasteiger partial charge in [0.05, 0.1) is 12.5 Å². The number of aromatic nitrogens is 3. The van der Waals surface area contributed by atoms with Gasteiger partial charge in [0.25, 0.3) is 0 Å². The normalized spacial score (nSPS) is 21.9. The van der Waals surface area contributed by atoms with Gasteiger partial charge in [-0.25, -0.2) is 0 Å². The molecular formula is C21H30N6O2. The van der Waals surface area contributed by atoms with Gasteiger partial charge < -0.3 is 9.84 Å². The number of hydrogen-bond acceptors (Lipinski definition) is 7. The number of carbonyl (C=O) groups is 1. The van der Waals surface area contributed by atoms with Crippen molar-refractivity contribution in [3.05, 3.63) is 41.8 Å². The number of carbonyl (C=O) groups excluding carboxylic acids is 1. The Kier molecular flexibility index (Phi) is 6.51. The first-order valence-electron chi connectivity index (χ1n) is 10.6. The van der Waals surface area contributed by atoms with E-state index in [1.807, 2.05) is 18.5 Å². The number of hydrogen-bond donors (Lipinski definition) is 1. The summed E-state index contributed by atoms with van der Waals surface area (Å²) in [7, 11) is 0. The Labute approximate surface area is 171 Å². The van der Waals surface area contributed by atoms with Crippen LogP contribution in [0.2, 0.25) is 0 Å². The summed E-state index contributed by atoms with van der Waals surface area (Å²) >= 11 is 0. The van der Waals surface area contributed by atoms with Crippen LogP contribution in [-0.2, 0) is 17.9 Å². The Morgan fingerprint density at radius 3 is 2.86 bits per heavy atom. The van der Waals surface area contributed by atoms with Gasteiger partial charge in [-0.3, -0.25) is 19.6 Å². The highest BCUT2D eigenvalue weighted by Gasteiger charge is 2.31. The van der Waals surface area contributed by atoms with Gasteiger partial charge in [-0.1, -0.05) is 11.2 Å². The van der Waals surface area contributed by atoms with Crippen molar-refractivity contribution in [1.29, 1.82) is 0 Å². The van der Waals surface area contributed by atoms with Crippen LogP contribution in [0, 0.1) is 12.8 Å². The summed E-state index contributed by atoms with van der Waals surface area (Å²) in [5.74, 6) is 1.20. The fraction of sp³-hybridized carbons (Fsp3) is 0.619. The molecular weight excluding hydrogens is 368 g/mol. The molecule has 2 aromatic rings. The number of aryl methyl sites for hydroxylation is 1. The monoisotopic (exact) mass is 398 g/mol. The van der Waals surface area contributed by atoms with Gasteiger partial charge in [-0.2, -0.15) is 4.98 Å². The second-order valence-corrected chi connectivity index (χ2v) is 8.15. The zero-order chi connectivity index (χ0) is 20.1. The molecule has 2 aromatic heterocycles. The first-order valence-corrected chi connectivity index (χ1v) is 10.6. The molecule has 2 saturated heterocycles. The van der Waals surface area contributed by atoms with Crippen LogP contribution in [0.5, 0.6) is 0 Å². The van der Waals surface area contributed by atoms with E-state index >= 15 is 0 Å². The standard InChI is InChI=1S/C21H30N6O2/c1-16-24-20(25-29-16)13-23-21(28)18-5-3-9-27(15-18)19-6-10-26(11-7-19)14-17-4-2-8-22-12-17/h2,4,8,12,18-19H,3,5-7,9-11,13-15H2,1H3,(H,23,28). The molecule has 29 heavy (non-hydrogen) atoms. The molecule has 0 bridgehead atoms. The summed E-state index contributed by atoms with van der Waals surface area (Å²) in [4.78, 5) is 26.0. The first-order chi connectivity index (χ1) is 14.2. The molecule has 2 fully saturated rings. The van der Waals surface area contributed by atoms with Crippen LogP contribution in [0.3, 0.4) is 0 Å². The predicted octanol–water partition coefficient (Wildman–Crippen LogP) is 1.77. The van der Waals surface area contributed by atoms with Crippen molar-refractivity contribution in [1.82, 2.24) is 30.2 Å². The molecule has 1 N–H and O–H groups in total. The summed E-state index contributed by atoms with van der Waals surface area (Å²) < 4.78 is 4.96. The largest absolute Gasteiger partial charge is 0.348 e. The minimum atomic E-state index is 0.0465. The summed E-state index contributed by atoms with van der Waals surface area (Å²) in [6, 6.07) is 4.72. The minimum Gasteiger partial charge on any atom is -0.348 e. The Balaban J connectivity index is 1.23. The Morgan fingerprint density at radius 1 is 1.28 bits per heavy atom. The van der Waals surface area contributed by atoms with E-state index in [9.17, 15) is 4.79 Å². The highest BCUT2D eigenvalue weighted by molar-refractivity contribution is 5.78. The van der Waals surface area contributed by atoms with Gasteiger partial charge in [0, 0.05) is 38.4 Å². The third-order valence-corrected chi connectivity index (χ3v) is 6.02. The van der Waals surface area contributed by atoms with E-state index in [1.54, 1.807) is 6.92 Å². The van der Waals surface area contributed by atoms with E-state index in [4.69, 9.17) is 4.52 Å². The molecule has 0 spiro atoms. The van der Waals surface area contributed by atoms with E-state index in [-0.39, 0.29) is 11.8 Å². The average molecular weight is 399 g/mol. The number of likely N-dealkylation sites (tertiary alicyclic amines) is 2. The molecule has 0 aromatic carbocycles. The van der Waals surface area contributed by atoms with Crippen LogP contribution >= 0.6 is 0 Å². The number of nitrogens with zero attached hydrogens (tertiary/aromatic N) is 5. The number of rotatable bonds is 6. The molecule has 2 aliphatic heterocycles. The van der Waals surface area contributed by atoms with Gasteiger partial charge in [0.15, 0.2) is 5.82 Å². The maximum absolute atomic E-state index is 12.6. The molecule has 1 atom stereocenters. The zero-order valence-electron chi connectivity index (χ0n) is 17.1. The van der Waals surface area contributed by atoms with Crippen LogP contribution in [0.15, 0.2) is 29.0 Å². The predicted molar refractivity (Wildman–Crippen MR) is 108 cm³/mol. The summed E-state index contributed by atoms with van der Waals surface area (Å²) in [6.07, 6.45) is 8.13. The van der Waals surface area contributed by atoms with Crippen molar-refractivity contribution in [3.63, 3.8) is 0 Å². The molecule has 0 aliphatic carbocycles. The molecule has 4 rings (SSSR count). The number of piperidine rings is 2. The SMILES string of the molecule is Cc1nc(CNC(=O)C2CCCN(C3CCN(Cc4cccnc4)CC3)C2)no1. The Morgan fingerprint density at radius 2 is 2.14 bits per heavy atom. The Bertz CT molecular complexity index is 787. The molecule has 156 valence electrons. The number of nitrogens with one attached hydrogen (secondary N) is 1. The van der Waals surface area contributed by atoms with Crippen LogP contribution in [0.25, 0.3) is 0 Å². The van der Waals surface area contributed by atoms with Gasteiger partial charge in [0.2, 0.25) is 11.8 Å². The summed E-state index contributed by atoms with van der Waals surface area (Å²) in [5.41, 5.74) is 1.28. The second-order valence-electron chi connectivity index (χ2n) is 8.15. The van der Waals surface area contributed by atoms with Gasteiger partial charge >= 0.3 is 0 Å². The van der Waals surface area contributed by atoms with Gasteiger partial charge in [0.1, 0.15) is 0 Å². The van der Waals surface area contributed by atoms with E-state index in [0.717, 1.165) is 58.4 Å². The number of amides is 1. The average Bonchev–Trinajstić information content (AvgIpc) is 3.18. The highest BCUT2D eigenvalue weighted by atomic mass is 16.5. The molecule has 8 heteroatoms. The van der Waals surface area contributed by atoms with Crippen molar-refractivity contribution in [2.24, 2.45) is 5.92 Å². The summed E-state index contributed by atoms with van der Waals surface area (Å²) in [5, 5.41) is 6.81. The topological polar surface area (TPSA) is 87.4 Å². The van der Waals surface area contributed by atoms with Crippen LogP contribution < -0.4 is 5.32 Å². The van der Waals surface area contributed by atoms with Crippen molar-refractivity contribution in [3.8, 4) is 0 Å². The highest BCUT2D eigenvalue weighted by Crippen LogP contribution is 2.24. The van der Waals surface area contributed by atoms with Crippen LogP contribution in [-0.4, -0.2) is 63.1 Å². The lowest BCUT2D eigenvalue weighted by Gasteiger charge is -2.42. The fourth-order valence-corrected chi connectivity index (χ4v) is 4.47. The first kappa shape index (κ1) is 20.0. The molecule has 1 amide bonds. The lowest BCUT2D eigenvalue weighted by atomic mass is 9.93. The van der Waals surface area contributed by atoms with Gasteiger partial charge in [-0.15, -0.1) is 0 Å². The third-order valence-electron chi connectivity index (χ3n) is 6.02. The molecule has 0 saturated carbocycles. The smallest absolute Gasteiger partial charge is 0.224 e. The maximum atomic E-state index is 12.6. The molecule has 0 radical (unpaired) electrons. The molecule has 1 unspecified atom stereocenters. The molecule has 2 aliphatic rings. The number of pyridine rings is 1. The van der Waals surface area contributed by atoms with Crippen LogP contribution in [0.4, 0.5) is 0 Å². The lowest BCUT2D eigenvalue weighted by molar-refractivity contribution is -0.127. The van der Waals surface area contributed by atoms with E-state index in [0.29, 0.717) is 24.3 Å². The minimum absolute atomic E-state index is 0.0465.